The molecule has 3 aromatic carbocycles. The Hall–Kier alpha value is -4.20. The molecule has 0 fully saturated rings. The third-order valence-corrected chi connectivity index (χ3v) is 6.90. The third kappa shape index (κ3) is 5.05. The van der Waals surface area contributed by atoms with E-state index in [1.807, 2.05) is 42.2 Å². The minimum absolute atomic E-state index is 0.00116. The number of halogens is 1. The first-order chi connectivity index (χ1) is 17.9. The summed E-state index contributed by atoms with van der Waals surface area (Å²) in [6.07, 6.45) is 2.97. The Bertz CT molecular complexity index is 1370. The number of carbonyl (C=O) groups excluding carboxylic acids is 3. The van der Waals surface area contributed by atoms with Crippen LogP contribution in [-0.2, 0) is 17.8 Å². The van der Waals surface area contributed by atoms with E-state index in [0.717, 1.165) is 36.1 Å². The quantitative estimate of drug-likeness (QED) is 0.551. The fourth-order valence-electron chi connectivity index (χ4n) is 4.93. The smallest absolute Gasteiger partial charge is 0.322 e. The summed E-state index contributed by atoms with van der Waals surface area (Å²) >= 11 is 0. The lowest BCUT2D eigenvalue weighted by Gasteiger charge is -2.24. The summed E-state index contributed by atoms with van der Waals surface area (Å²) < 4.78 is 14.6. The summed E-state index contributed by atoms with van der Waals surface area (Å²) in [7, 11) is 0. The highest BCUT2D eigenvalue weighted by Gasteiger charge is 2.28. The molecule has 1 radical (unpaired) electrons. The molecule has 2 aliphatic heterocycles. The molecule has 1 N–H and O–H groups in total. The van der Waals surface area contributed by atoms with Crippen molar-refractivity contribution in [2.75, 3.05) is 22.9 Å². The van der Waals surface area contributed by atoms with Gasteiger partial charge in [0.2, 0.25) is 5.91 Å². The van der Waals surface area contributed by atoms with Crippen LogP contribution in [0.15, 0.2) is 60.7 Å². The minimum atomic E-state index is -0.611. The maximum Gasteiger partial charge on any atom is 0.322 e. The van der Waals surface area contributed by atoms with Crippen molar-refractivity contribution in [2.45, 2.75) is 39.2 Å². The molecule has 5 rings (SSSR count). The third-order valence-electron chi connectivity index (χ3n) is 6.90. The Labute approximate surface area is 215 Å². The van der Waals surface area contributed by atoms with Crippen LogP contribution in [0.5, 0.6) is 0 Å². The van der Waals surface area contributed by atoms with E-state index in [-0.39, 0.29) is 36.8 Å². The van der Waals surface area contributed by atoms with Gasteiger partial charge in [0.05, 0.1) is 5.69 Å². The van der Waals surface area contributed by atoms with Crippen LogP contribution >= 0.6 is 0 Å². The Morgan fingerprint density at radius 3 is 2.65 bits per heavy atom. The molecule has 4 amide bonds. The predicted molar refractivity (Wildman–Crippen MR) is 140 cm³/mol. The number of para-hydroxylation sites is 2. The van der Waals surface area contributed by atoms with Gasteiger partial charge in [0.15, 0.2) is 0 Å². The number of anilines is 2. The van der Waals surface area contributed by atoms with Crippen molar-refractivity contribution in [2.24, 2.45) is 0 Å². The van der Waals surface area contributed by atoms with Crippen molar-refractivity contribution >= 4 is 34.9 Å². The highest BCUT2D eigenvalue weighted by Crippen LogP contribution is 2.32. The second kappa shape index (κ2) is 10.4. The van der Waals surface area contributed by atoms with Crippen LogP contribution in [-0.4, -0.2) is 30.9 Å². The zero-order chi connectivity index (χ0) is 25.9. The minimum Gasteiger partial charge on any atom is -0.334 e. The number of urea groups is 1. The maximum atomic E-state index is 14.6. The highest BCUT2D eigenvalue weighted by atomic mass is 19.1. The fraction of sp³-hybridized carbons (Fsp3) is 0.276. The first-order valence-electron chi connectivity index (χ1n) is 12.5. The van der Waals surface area contributed by atoms with Crippen LogP contribution in [0.25, 0.3) is 0 Å². The number of hydrogen-bond donors (Lipinski definition) is 1. The largest absolute Gasteiger partial charge is 0.334 e. The van der Waals surface area contributed by atoms with Gasteiger partial charge in [-0.15, -0.1) is 0 Å². The normalized spacial score (nSPS) is 15.1. The van der Waals surface area contributed by atoms with Crippen molar-refractivity contribution in [1.82, 2.24) is 10.6 Å². The number of benzene rings is 3. The van der Waals surface area contributed by atoms with Crippen LogP contribution in [0.4, 0.5) is 26.2 Å². The lowest BCUT2D eigenvalue weighted by molar-refractivity contribution is -0.119. The van der Waals surface area contributed by atoms with Gasteiger partial charge in [-0.25, -0.2) is 14.5 Å². The zero-order valence-electron chi connectivity index (χ0n) is 20.7. The van der Waals surface area contributed by atoms with Crippen molar-refractivity contribution in [3.8, 4) is 0 Å². The average molecular weight is 500 g/mol. The molecule has 0 aromatic heterocycles. The SMILES string of the molecule is Cc1cc(C(=O)N2CCCCc3ccccc32)ccc1CNC(=O)N1CCC(=O)[N]c2cccc(F)c21. The molecule has 0 bridgehead atoms. The number of hydrogen-bond acceptors (Lipinski definition) is 3. The van der Waals surface area contributed by atoms with Gasteiger partial charge in [0.1, 0.15) is 11.5 Å². The molecule has 0 unspecified atom stereocenters. The second-order valence-corrected chi connectivity index (χ2v) is 9.36. The van der Waals surface area contributed by atoms with E-state index in [2.05, 4.69) is 16.7 Å². The molecule has 2 aliphatic rings. The molecule has 0 spiro atoms. The topological polar surface area (TPSA) is 83.8 Å². The van der Waals surface area contributed by atoms with Crippen LogP contribution in [0.2, 0.25) is 0 Å². The second-order valence-electron chi connectivity index (χ2n) is 9.36. The van der Waals surface area contributed by atoms with Crippen LogP contribution in [0, 0.1) is 12.7 Å². The van der Waals surface area contributed by atoms with Gasteiger partial charge in [0, 0.05) is 37.3 Å². The molecular weight excluding hydrogens is 471 g/mol. The molecule has 0 saturated heterocycles. The van der Waals surface area contributed by atoms with Crippen molar-refractivity contribution in [1.29, 1.82) is 0 Å². The summed E-state index contributed by atoms with van der Waals surface area (Å²) in [6, 6.07) is 17.2. The Morgan fingerprint density at radius 2 is 1.81 bits per heavy atom. The molecule has 8 heteroatoms. The summed E-state index contributed by atoms with van der Waals surface area (Å²) in [6.45, 7) is 2.80. The van der Waals surface area contributed by atoms with Crippen LogP contribution in [0.1, 0.15) is 46.3 Å². The summed E-state index contributed by atoms with van der Waals surface area (Å²) in [5.74, 6) is -1.05. The van der Waals surface area contributed by atoms with Gasteiger partial charge >= 0.3 is 6.03 Å². The molecular formula is C29H28FN4O3. The van der Waals surface area contributed by atoms with Crippen LogP contribution < -0.4 is 20.4 Å². The van der Waals surface area contributed by atoms with Gasteiger partial charge in [-0.2, -0.15) is 0 Å². The first-order valence-corrected chi connectivity index (χ1v) is 12.5. The fourth-order valence-corrected chi connectivity index (χ4v) is 4.93. The molecule has 37 heavy (non-hydrogen) atoms. The van der Waals surface area contributed by atoms with Gasteiger partial charge in [-0.05, 0) is 73.2 Å². The summed E-state index contributed by atoms with van der Waals surface area (Å²) in [5.41, 5.74) is 4.59. The monoisotopic (exact) mass is 499 g/mol. The van der Waals surface area contributed by atoms with Gasteiger partial charge in [-0.1, -0.05) is 30.3 Å². The molecule has 0 atom stereocenters. The van der Waals surface area contributed by atoms with E-state index in [1.54, 1.807) is 6.07 Å². The number of carbonyl (C=O) groups is 3. The predicted octanol–water partition coefficient (Wildman–Crippen LogP) is 5.00. The van der Waals surface area contributed by atoms with Gasteiger partial charge in [0.25, 0.3) is 5.91 Å². The van der Waals surface area contributed by atoms with Crippen molar-refractivity contribution < 1.29 is 18.8 Å². The highest BCUT2D eigenvalue weighted by molar-refractivity contribution is 6.06. The number of aryl methyl sites for hydroxylation is 2. The average Bonchev–Trinajstić information content (AvgIpc) is 3.21. The summed E-state index contributed by atoms with van der Waals surface area (Å²) in [5, 5.41) is 6.74. The standard InChI is InChI=1S/C29H28FN4O3/c1-19-17-21(28(36)33-15-5-4-8-20-7-2-3-11-25(20)33)12-13-22(19)18-31-29(37)34-16-14-26(35)32-24-10-6-9-23(30)27(24)34/h2-3,6-7,9-13,17H,4-5,8,14-16,18H2,1H3,(H,31,37). The Balaban J connectivity index is 1.31. The Kier molecular flexibility index (Phi) is 6.90. The number of fused-ring (bicyclic) bond motifs is 2. The van der Waals surface area contributed by atoms with Crippen molar-refractivity contribution in [3.05, 3.63) is 88.7 Å². The molecule has 2 heterocycles. The van der Waals surface area contributed by atoms with E-state index in [1.165, 1.54) is 28.7 Å². The van der Waals surface area contributed by atoms with Gasteiger partial charge in [-0.3, -0.25) is 14.5 Å². The van der Waals surface area contributed by atoms with E-state index < -0.39 is 17.8 Å². The van der Waals surface area contributed by atoms with E-state index in [0.29, 0.717) is 12.1 Å². The molecule has 0 saturated carbocycles. The maximum absolute atomic E-state index is 14.6. The molecule has 7 nitrogen and oxygen atoms in total. The van der Waals surface area contributed by atoms with E-state index in [9.17, 15) is 18.8 Å². The van der Waals surface area contributed by atoms with Crippen molar-refractivity contribution in [3.63, 3.8) is 0 Å². The van der Waals surface area contributed by atoms with Crippen LogP contribution in [0.3, 0.4) is 0 Å². The van der Waals surface area contributed by atoms with E-state index >= 15 is 0 Å². The lowest BCUT2D eigenvalue weighted by Crippen LogP contribution is -2.40. The number of nitrogens with zero attached hydrogens (tertiary/aromatic N) is 3. The first kappa shape index (κ1) is 24.5. The molecule has 189 valence electrons. The molecule has 0 aliphatic carbocycles. The van der Waals surface area contributed by atoms with E-state index in [4.69, 9.17) is 0 Å². The number of rotatable bonds is 3. The number of amides is 4. The zero-order valence-corrected chi connectivity index (χ0v) is 20.7. The number of nitrogens with one attached hydrogen (secondary N) is 1. The lowest BCUT2D eigenvalue weighted by atomic mass is 10.0. The summed E-state index contributed by atoms with van der Waals surface area (Å²) in [4.78, 5) is 41.5. The molecule has 3 aromatic rings. The van der Waals surface area contributed by atoms with Gasteiger partial charge < -0.3 is 10.2 Å². The Morgan fingerprint density at radius 1 is 0.973 bits per heavy atom.